The smallest absolute Gasteiger partial charge is 0.338 e. The Hall–Kier alpha value is -3.47. The maximum absolute atomic E-state index is 15.6. The summed E-state index contributed by atoms with van der Waals surface area (Å²) < 4.78 is 79.9. The number of hydrogen-bond donors (Lipinski definition) is 2. The number of thiazole rings is 1. The number of carboxylic acids is 1. The number of ether oxygens (including phenoxy) is 1. The van der Waals surface area contributed by atoms with Gasteiger partial charge in [-0.25, -0.2) is 31.7 Å². The van der Waals surface area contributed by atoms with Crippen molar-refractivity contribution in [3.63, 3.8) is 0 Å². The molecular weight excluding hydrogens is 625 g/mol. The minimum atomic E-state index is -3.29. The molecule has 2 fully saturated rings. The van der Waals surface area contributed by atoms with Crippen LogP contribution in [0.4, 0.5) is 22.0 Å². The Morgan fingerprint density at radius 2 is 1.98 bits per heavy atom. The van der Waals surface area contributed by atoms with Gasteiger partial charge in [-0.3, -0.25) is 19.5 Å². The number of halogens is 5. The number of nitrogens with zero attached hydrogens (tertiary/aromatic N) is 4. The summed E-state index contributed by atoms with van der Waals surface area (Å²) in [4.78, 5) is 40.8. The van der Waals surface area contributed by atoms with Crippen molar-refractivity contribution in [1.29, 1.82) is 0 Å². The first kappa shape index (κ1) is 32.9. The number of alkyl halides is 2. The quantitative estimate of drug-likeness (QED) is 0.220. The van der Waals surface area contributed by atoms with Crippen molar-refractivity contribution in [1.82, 2.24) is 20.3 Å². The van der Waals surface area contributed by atoms with E-state index >= 15 is 13.2 Å². The number of hydrogen-bond acceptors (Lipinski definition) is 10. The summed E-state index contributed by atoms with van der Waals surface area (Å²) in [6.45, 7) is 4.94. The predicted molar refractivity (Wildman–Crippen MR) is 152 cm³/mol. The molecule has 244 valence electrons. The Morgan fingerprint density at radius 3 is 2.62 bits per heavy atom. The van der Waals surface area contributed by atoms with Gasteiger partial charge in [0.2, 0.25) is 0 Å². The lowest BCUT2D eigenvalue weighted by atomic mass is 9.89. The number of amidine groups is 1. The number of carbonyl (C=O) groups excluding carboxylic acids is 1. The summed E-state index contributed by atoms with van der Waals surface area (Å²) in [7, 11) is 0. The highest BCUT2D eigenvalue weighted by Gasteiger charge is 2.61. The Balaban J connectivity index is 1.53. The van der Waals surface area contributed by atoms with E-state index in [0.29, 0.717) is 16.8 Å². The number of esters is 1. The molecule has 0 spiro atoms. The van der Waals surface area contributed by atoms with Gasteiger partial charge in [0.05, 0.1) is 36.8 Å². The minimum Gasteiger partial charge on any atom is -0.481 e. The van der Waals surface area contributed by atoms with Crippen molar-refractivity contribution in [2.75, 3.05) is 32.8 Å². The topological polar surface area (TPSA) is 117 Å². The zero-order valence-electron chi connectivity index (χ0n) is 24.9. The molecule has 0 amide bonds. The summed E-state index contributed by atoms with van der Waals surface area (Å²) in [6.07, 6.45) is 0.0515. The zero-order valence-corrected chi connectivity index (χ0v) is 25.7. The average Bonchev–Trinajstić information content (AvgIpc) is 3.67. The second-order valence-corrected chi connectivity index (χ2v) is 12.6. The molecule has 2 saturated heterocycles. The number of carboxylic acid groups (broad SMARTS) is 1. The molecule has 45 heavy (non-hydrogen) atoms. The molecule has 3 aliphatic rings. The van der Waals surface area contributed by atoms with E-state index in [9.17, 15) is 23.5 Å². The highest BCUT2D eigenvalue weighted by molar-refractivity contribution is 7.11. The maximum Gasteiger partial charge on any atom is 0.338 e. The first-order chi connectivity index (χ1) is 21.1. The van der Waals surface area contributed by atoms with E-state index in [-0.39, 0.29) is 49.8 Å². The first-order valence-electron chi connectivity index (χ1n) is 14.2. The lowest BCUT2D eigenvalue weighted by molar-refractivity contribution is -0.186. The molecule has 0 aliphatic carbocycles. The van der Waals surface area contributed by atoms with Crippen LogP contribution < -0.4 is 5.32 Å². The third-order valence-electron chi connectivity index (χ3n) is 8.10. The molecular formula is C29H32F5N5O5S. The molecule has 10 nitrogen and oxygen atoms in total. The van der Waals surface area contributed by atoms with Crippen molar-refractivity contribution >= 4 is 29.1 Å². The van der Waals surface area contributed by atoms with Crippen molar-refractivity contribution < 1.29 is 46.2 Å². The summed E-state index contributed by atoms with van der Waals surface area (Å²) >= 11 is 1.18. The van der Waals surface area contributed by atoms with Crippen LogP contribution in [-0.4, -0.2) is 88.7 Å². The Morgan fingerprint density at radius 1 is 1.24 bits per heavy atom. The van der Waals surface area contributed by atoms with Gasteiger partial charge >= 0.3 is 11.9 Å². The van der Waals surface area contributed by atoms with Crippen molar-refractivity contribution in [2.24, 2.45) is 10.4 Å². The third kappa shape index (κ3) is 6.33. The van der Waals surface area contributed by atoms with E-state index in [0.717, 1.165) is 11.1 Å². The number of nitrogens with one attached hydrogen (secondary N) is 1. The van der Waals surface area contributed by atoms with Crippen molar-refractivity contribution in [2.45, 2.75) is 58.2 Å². The van der Waals surface area contributed by atoms with Gasteiger partial charge in [-0.05, 0) is 40.2 Å². The van der Waals surface area contributed by atoms with Gasteiger partial charge in [0.25, 0.3) is 5.92 Å². The number of carbonyl (C=O) groups is 2. The van der Waals surface area contributed by atoms with Crippen LogP contribution in [0, 0.1) is 29.8 Å². The van der Waals surface area contributed by atoms with Crippen LogP contribution in [0.15, 0.2) is 33.8 Å². The van der Waals surface area contributed by atoms with Gasteiger partial charge in [0, 0.05) is 35.4 Å². The van der Waals surface area contributed by atoms with Crippen molar-refractivity contribution in [3.8, 4) is 0 Å². The number of aromatic nitrogens is 1. The average molecular weight is 658 g/mol. The molecule has 3 atom stereocenters. The van der Waals surface area contributed by atoms with Crippen LogP contribution >= 0.6 is 11.3 Å². The molecule has 1 unspecified atom stereocenters. The van der Waals surface area contributed by atoms with Gasteiger partial charge in [-0.2, -0.15) is 5.06 Å². The molecule has 0 radical (unpaired) electrons. The largest absolute Gasteiger partial charge is 0.481 e. The number of likely N-dealkylation sites (tertiary alicyclic amines) is 1. The number of benzene rings is 1. The fraction of sp³-hybridized carbons (Fsp3) is 0.517. The standard InChI is InChI=1S/C29H32F5N5O5S/c1-5-43-26(40)19-17(10-38-13-29(33,34)23-18(38)11-44-39(23)9-8-28(3,4)27(41)42)36-24(25-35-14(2)12-45-25)37-22(19)15-6-7-16(30)21(32)20(15)31/h6-7,12,18,22-23H,5,8-11,13H2,1-4H3,(H,36,37)(H,41,42)/t18-,22?,23+/m0/s1. The lowest BCUT2D eigenvalue weighted by Crippen LogP contribution is -2.46. The van der Waals surface area contributed by atoms with Gasteiger partial charge in [0.15, 0.2) is 28.3 Å². The summed E-state index contributed by atoms with van der Waals surface area (Å²) in [5.41, 5.74) is -1.21. The van der Waals surface area contributed by atoms with Gasteiger partial charge in [-0.15, -0.1) is 11.3 Å². The molecule has 2 N–H and O–H groups in total. The number of hydroxylamine groups is 2. The van der Waals surface area contributed by atoms with E-state index in [2.05, 4.69) is 15.3 Å². The van der Waals surface area contributed by atoms with Crippen LogP contribution in [0.1, 0.15) is 49.5 Å². The number of aryl methyl sites for hydroxylation is 1. The van der Waals surface area contributed by atoms with Gasteiger partial charge in [0.1, 0.15) is 12.1 Å². The summed E-state index contributed by atoms with van der Waals surface area (Å²) in [6, 6.07) is -2.12. The molecule has 0 bridgehead atoms. The van der Waals surface area contributed by atoms with Crippen LogP contribution in [0.2, 0.25) is 0 Å². The van der Waals surface area contributed by atoms with Crippen LogP contribution in [-0.2, 0) is 19.2 Å². The summed E-state index contributed by atoms with van der Waals surface area (Å²) in [5.74, 6) is -9.98. The molecule has 16 heteroatoms. The Bertz CT molecular complexity index is 1560. The third-order valence-corrected chi connectivity index (χ3v) is 9.07. The Labute approximate surface area is 259 Å². The number of rotatable bonds is 10. The molecule has 4 heterocycles. The molecule has 0 saturated carbocycles. The van der Waals surface area contributed by atoms with E-state index in [4.69, 9.17) is 9.57 Å². The van der Waals surface area contributed by atoms with Crippen molar-refractivity contribution in [3.05, 3.63) is 62.5 Å². The van der Waals surface area contributed by atoms with E-state index in [1.807, 2.05) is 0 Å². The fourth-order valence-electron chi connectivity index (χ4n) is 5.61. The highest BCUT2D eigenvalue weighted by Crippen LogP contribution is 2.42. The number of fused-ring (bicyclic) bond motifs is 1. The van der Waals surface area contributed by atoms with Crippen LogP contribution in [0.3, 0.4) is 0 Å². The van der Waals surface area contributed by atoms with Crippen LogP contribution in [0.25, 0.3) is 0 Å². The highest BCUT2D eigenvalue weighted by atomic mass is 32.1. The molecule has 5 rings (SSSR count). The number of aliphatic imine (C=N–C) groups is 1. The summed E-state index contributed by atoms with van der Waals surface area (Å²) in [5, 5.41) is 15.6. The molecule has 1 aromatic heterocycles. The monoisotopic (exact) mass is 657 g/mol. The van der Waals surface area contributed by atoms with Crippen LogP contribution in [0.5, 0.6) is 0 Å². The predicted octanol–water partition coefficient (Wildman–Crippen LogP) is 4.21. The second-order valence-electron chi connectivity index (χ2n) is 11.7. The normalized spacial score (nSPS) is 23.6. The molecule has 3 aliphatic heterocycles. The Kier molecular flexibility index (Phi) is 9.05. The maximum atomic E-state index is 15.6. The SMILES string of the molecule is CCOC(=O)C1=C(CN2CC(F)(F)[C@H]3[C@@H]2CON3CCC(C)(C)C(=O)O)NC(c2nc(C)cs2)=NC1c1ccc(F)c(F)c1F. The van der Waals surface area contributed by atoms with Gasteiger partial charge in [-0.1, -0.05) is 6.07 Å². The van der Waals surface area contributed by atoms with E-state index in [1.165, 1.54) is 37.0 Å². The molecule has 1 aromatic carbocycles. The first-order valence-corrected chi connectivity index (χ1v) is 15.1. The lowest BCUT2D eigenvalue weighted by Gasteiger charge is -2.30. The fourth-order valence-corrected chi connectivity index (χ4v) is 6.36. The number of aliphatic carboxylic acids is 1. The molecule has 2 aromatic rings. The van der Waals surface area contributed by atoms with E-state index < -0.39 is 71.0 Å². The van der Waals surface area contributed by atoms with E-state index in [1.54, 1.807) is 12.3 Å². The minimum absolute atomic E-state index is 0.0438. The second kappa shape index (κ2) is 12.4. The zero-order chi connectivity index (χ0) is 32.8. The van der Waals surface area contributed by atoms with Gasteiger partial charge < -0.3 is 15.2 Å².